The summed E-state index contributed by atoms with van der Waals surface area (Å²) in [5.74, 6) is -0.746. The highest BCUT2D eigenvalue weighted by Gasteiger charge is 2.53. The lowest BCUT2D eigenvalue weighted by atomic mass is 9.77. The number of carbonyl (C=O) groups excluding carboxylic acids is 1. The van der Waals surface area contributed by atoms with Crippen LogP contribution in [0.4, 0.5) is 0 Å². The number of rotatable bonds is 1. The van der Waals surface area contributed by atoms with Crippen LogP contribution >= 0.6 is 0 Å². The summed E-state index contributed by atoms with van der Waals surface area (Å²) in [6.07, 6.45) is 0. The minimum Gasteiger partial charge on any atom is -0.508 e. The van der Waals surface area contributed by atoms with Crippen molar-refractivity contribution in [3.8, 4) is 23.0 Å². The number of hydrogen-bond acceptors (Lipinski definition) is 7. The quantitative estimate of drug-likeness (QED) is 0.428. The second-order valence-corrected chi connectivity index (χ2v) is 7.49. The number of fused-ring (bicyclic) bond motifs is 6. The largest absolute Gasteiger partial charge is 0.508 e. The molecule has 1 unspecified atom stereocenters. The Hall–Kier alpha value is -3.52. The van der Waals surface area contributed by atoms with Gasteiger partial charge in [-0.05, 0) is 24.3 Å². The van der Waals surface area contributed by atoms with E-state index < -0.39 is 28.0 Å². The number of benzene rings is 3. The number of thiol groups is 1. The predicted molar refractivity (Wildman–Crippen MR) is 96.6 cm³/mol. The van der Waals surface area contributed by atoms with E-state index in [1.807, 2.05) is 0 Å². The highest BCUT2D eigenvalue weighted by Crippen LogP contribution is 2.57. The molecule has 28 heavy (non-hydrogen) atoms. The first-order valence-electron chi connectivity index (χ1n) is 8.28. The second-order valence-electron chi connectivity index (χ2n) is 6.49. The van der Waals surface area contributed by atoms with Gasteiger partial charge >= 0.3 is 5.97 Å². The molecule has 0 saturated heterocycles. The highest BCUT2D eigenvalue weighted by molar-refractivity contribution is 7.72. The molecule has 7 nitrogen and oxygen atoms in total. The van der Waals surface area contributed by atoms with Crippen LogP contribution in [-0.4, -0.2) is 24.6 Å². The maximum atomic E-state index is 12.6. The summed E-state index contributed by atoms with van der Waals surface area (Å²) >= 11 is 0. The van der Waals surface area contributed by atoms with Crippen LogP contribution in [0.15, 0.2) is 59.5 Å². The molecule has 0 aliphatic carbocycles. The Balaban J connectivity index is 1.93. The van der Waals surface area contributed by atoms with Crippen molar-refractivity contribution in [1.29, 1.82) is 0 Å². The minimum absolute atomic E-state index is 0.0570. The zero-order chi connectivity index (χ0) is 19.6. The van der Waals surface area contributed by atoms with Gasteiger partial charge in [-0.15, -0.1) is 0 Å². The van der Waals surface area contributed by atoms with E-state index in [-0.39, 0.29) is 27.7 Å². The molecule has 0 amide bonds. The molecule has 2 aliphatic heterocycles. The third-order valence-electron chi connectivity index (χ3n) is 4.99. The molecule has 5 rings (SSSR count). The van der Waals surface area contributed by atoms with Crippen LogP contribution < -0.4 is 4.74 Å². The summed E-state index contributed by atoms with van der Waals surface area (Å²) in [7, 11) is -3.10. The SMILES string of the molecule is O=C1OC2(c3ccc(O)cc3Oc3cc(O)c([SH](=O)=O)cc32)c2ccccc21. The summed E-state index contributed by atoms with van der Waals surface area (Å²) in [6, 6.07) is 13.6. The Bertz CT molecular complexity index is 1250. The average molecular weight is 396 g/mol. The zero-order valence-electron chi connectivity index (χ0n) is 14.1. The number of aromatic hydroxyl groups is 2. The third kappa shape index (κ3) is 2.03. The normalized spacial score (nSPS) is 19.0. The number of esters is 1. The molecule has 2 aliphatic rings. The second kappa shape index (κ2) is 5.49. The van der Waals surface area contributed by atoms with E-state index in [0.717, 1.165) is 0 Å². The number of phenolic OH excluding ortho intramolecular Hbond substituents is 2. The molecular formula is C20H12O7S. The molecule has 0 fully saturated rings. The number of ether oxygens (including phenoxy) is 2. The predicted octanol–water partition coefficient (Wildman–Crippen LogP) is 2.64. The average Bonchev–Trinajstić information content (AvgIpc) is 2.95. The Morgan fingerprint density at radius 3 is 2.39 bits per heavy atom. The van der Waals surface area contributed by atoms with Gasteiger partial charge in [0.25, 0.3) is 0 Å². The fraction of sp³-hybridized carbons (Fsp3) is 0.0500. The number of phenols is 2. The van der Waals surface area contributed by atoms with Gasteiger partial charge in [-0.25, -0.2) is 13.2 Å². The standard InChI is InChI=1S/C20H12O7S/c21-10-5-6-13-16(7-10)26-17-9-15(22)18(28(24)25)8-14(17)20(13)12-4-2-1-3-11(12)19(23)27-20/h1-9,21-22,28H. The van der Waals surface area contributed by atoms with Crippen molar-refractivity contribution in [3.05, 3.63) is 76.9 Å². The summed E-state index contributed by atoms with van der Waals surface area (Å²) in [5.41, 5.74) is 0.118. The summed E-state index contributed by atoms with van der Waals surface area (Å²) < 4.78 is 34.9. The lowest BCUT2D eigenvalue weighted by Gasteiger charge is -2.36. The number of hydrogen-bond donors (Lipinski definition) is 3. The Morgan fingerprint density at radius 1 is 0.857 bits per heavy atom. The van der Waals surface area contributed by atoms with Crippen LogP contribution in [0.2, 0.25) is 0 Å². The summed E-state index contributed by atoms with van der Waals surface area (Å²) in [4.78, 5) is 12.3. The van der Waals surface area contributed by atoms with Crippen molar-refractivity contribution in [1.82, 2.24) is 0 Å². The van der Waals surface area contributed by atoms with Gasteiger partial charge in [0, 0.05) is 28.8 Å². The molecule has 3 aromatic carbocycles. The molecule has 0 bridgehead atoms. The van der Waals surface area contributed by atoms with Crippen LogP contribution in [0, 0.1) is 0 Å². The number of carbonyl (C=O) groups is 1. The van der Waals surface area contributed by atoms with E-state index in [2.05, 4.69) is 0 Å². The Labute approximate surface area is 160 Å². The fourth-order valence-electron chi connectivity index (χ4n) is 3.83. The third-order valence-corrected chi connectivity index (χ3v) is 5.74. The molecule has 0 radical (unpaired) electrons. The molecule has 0 saturated carbocycles. The summed E-state index contributed by atoms with van der Waals surface area (Å²) in [5, 5.41) is 20.0. The highest BCUT2D eigenvalue weighted by atomic mass is 32.2. The van der Waals surface area contributed by atoms with E-state index in [1.54, 1.807) is 30.3 Å². The van der Waals surface area contributed by atoms with E-state index >= 15 is 0 Å². The molecular weight excluding hydrogens is 384 g/mol. The van der Waals surface area contributed by atoms with Gasteiger partial charge in [0.1, 0.15) is 27.9 Å². The van der Waals surface area contributed by atoms with Gasteiger partial charge < -0.3 is 19.7 Å². The molecule has 2 heterocycles. The van der Waals surface area contributed by atoms with E-state index in [9.17, 15) is 23.4 Å². The first kappa shape index (κ1) is 16.6. The lowest BCUT2D eigenvalue weighted by molar-refractivity contribution is 0.0223. The molecule has 1 atom stereocenters. The van der Waals surface area contributed by atoms with Crippen LogP contribution in [0.1, 0.15) is 27.0 Å². The summed E-state index contributed by atoms with van der Waals surface area (Å²) in [6.45, 7) is 0. The van der Waals surface area contributed by atoms with Gasteiger partial charge in [-0.3, -0.25) is 0 Å². The van der Waals surface area contributed by atoms with Crippen molar-refractivity contribution < 1.29 is 32.9 Å². The molecule has 1 spiro atoms. The molecule has 2 N–H and O–H groups in total. The van der Waals surface area contributed by atoms with Crippen LogP contribution in [-0.2, 0) is 21.0 Å². The first-order valence-corrected chi connectivity index (χ1v) is 9.45. The Kier molecular flexibility index (Phi) is 3.26. The topological polar surface area (TPSA) is 110 Å². The van der Waals surface area contributed by atoms with Crippen molar-refractivity contribution >= 4 is 16.7 Å². The maximum Gasteiger partial charge on any atom is 0.340 e. The van der Waals surface area contributed by atoms with Gasteiger partial charge in [0.15, 0.2) is 16.3 Å². The molecule has 3 aromatic rings. The van der Waals surface area contributed by atoms with Crippen molar-refractivity contribution in [2.75, 3.05) is 0 Å². The molecule has 140 valence electrons. The van der Waals surface area contributed by atoms with E-state index in [4.69, 9.17) is 9.47 Å². The monoisotopic (exact) mass is 396 g/mol. The van der Waals surface area contributed by atoms with Gasteiger partial charge in [-0.2, -0.15) is 0 Å². The van der Waals surface area contributed by atoms with Crippen molar-refractivity contribution in [2.45, 2.75) is 10.5 Å². The van der Waals surface area contributed by atoms with E-state index in [0.29, 0.717) is 16.7 Å². The maximum absolute atomic E-state index is 12.6. The molecule has 0 aromatic heterocycles. The first-order chi connectivity index (χ1) is 13.4. The zero-order valence-corrected chi connectivity index (χ0v) is 15.0. The van der Waals surface area contributed by atoms with E-state index in [1.165, 1.54) is 24.3 Å². The van der Waals surface area contributed by atoms with Crippen LogP contribution in [0.5, 0.6) is 23.0 Å². The van der Waals surface area contributed by atoms with Crippen molar-refractivity contribution in [3.63, 3.8) is 0 Å². The van der Waals surface area contributed by atoms with Crippen molar-refractivity contribution in [2.24, 2.45) is 0 Å². The fourth-order valence-corrected chi connectivity index (χ4v) is 4.32. The minimum atomic E-state index is -3.10. The van der Waals surface area contributed by atoms with Crippen LogP contribution in [0.3, 0.4) is 0 Å². The van der Waals surface area contributed by atoms with Gasteiger partial charge in [0.05, 0.1) is 5.56 Å². The lowest BCUT2D eigenvalue weighted by Crippen LogP contribution is -2.33. The van der Waals surface area contributed by atoms with Gasteiger partial charge in [0.2, 0.25) is 0 Å². The molecule has 8 heteroatoms. The van der Waals surface area contributed by atoms with Gasteiger partial charge in [-0.1, -0.05) is 18.2 Å². The van der Waals surface area contributed by atoms with Crippen LogP contribution in [0.25, 0.3) is 0 Å². The Morgan fingerprint density at radius 2 is 1.61 bits per heavy atom. The smallest absolute Gasteiger partial charge is 0.340 e.